The number of nitrogens with zero attached hydrogens (tertiary/aromatic N) is 2. The summed E-state index contributed by atoms with van der Waals surface area (Å²) in [5.41, 5.74) is 2.97. The number of hydrogen-bond donors (Lipinski definition) is 0. The molecule has 1 aliphatic carbocycles. The summed E-state index contributed by atoms with van der Waals surface area (Å²) >= 11 is 5.07. The van der Waals surface area contributed by atoms with Crippen molar-refractivity contribution in [2.24, 2.45) is 10.9 Å². The first-order valence-corrected chi connectivity index (χ1v) is 9.08. The Kier molecular flexibility index (Phi) is 4.37. The van der Waals surface area contributed by atoms with Crippen molar-refractivity contribution in [3.8, 4) is 0 Å². The molecule has 116 valence electrons. The first-order valence-electron chi connectivity index (χ1n) is 7.47. The van der Waals surface area contributed by atoms with Crippen LogP contribution < -0.4 is 4.80 Å². The third-order valence-electron chi connectivity index (χ3n) is 4.08. The highest BCUT2D eigenvalue weighted by Crippen LogP contribution is 2.31. The van der Waals surface area contributed by atoms with E-state index in [0.29, 0.717) is 5.56 Å². The average molecular weight is 379 g/mol. The second-order valence-corrected chi connectivity index (χ2v) is 8.02. The SMILES string of the molecule is Cc1ccc(C(=O)N=c2sc(C)c(C)n2CC2CC2)c(Br)c1. The van der Waals surface area contributed by atoms with Crippen LogP contribution in [0.15, 0.2) is 27.7 Å². The fraction of sp³-hybridized carbons (Fsp3) is 0.412. The number of aromatic nitrogens is 1. The molecule has 1 heterocycles. The van der Waals surface area contributed by atoms with Crippen molar-refractivity contribution in [1.29, 1.82) is 0 Å². The van der Waals surface area contributed by atoms with Gasteiger partial charge in [0, 0.05) is 21.6 Å². The Morgan fingerprint density at radius 1 is 1.36 bits per heavy atom. The molecule has 1 aromatic heterocycles. The molecule has 3 rings (SSSR count). The highest BCUT2D eigenvalue weighted by molar-refractivity contribution is 9.10. The fourth-order valence-corrected chi connectivity index (χ4v) is 4.04. The second kappa shape index (κ2) is 6.13. The normalized spacial score (nSPS) is 15.4. The predicted octanol–water partition coefficient (Wildman–Crippen LogP) is 4.39. The number of benzene rings is 1. The van der Waals surface area contributed by atoms with Gasteiger partial charge in [-0.05, 0) is 73.2 Å². The Labute approximate surface area is 142 Å². The third kappa shape index (κ3) is 3.25. The molecule has 3 nitrogen and oxygen atoms in total. The fourth-order valence-electron chi connectivity index (χ4n) is 2.40. The van der Waals surface area contributed by atoms with E-state index in [0.717, 1.165) is 27.3 Å². The van der Waals surface area contributed by atoms with Gasteiger partial charge in [-0.3, -0.25) is 4.79 Å². The monoisotopic (exact) mass is 378 g/mol. The Balaban J connectivity index is 2.00. The van der Waals surface area contributed by atoms with Crippen LogP contribution in [-0.2, 0) is 6.54 Å². The lowest BCUT2D eigenvalue weighted by atomic mass is 10.1. The first kappa shape index (κ1) is 15.7. The van der Waals surface area contributed by atoms with Crippen molar-refractivity contribution in [3.63, 3.8) is 0 Å². The molecule has 0 N–H and O–H groups in total. The van der Waals surface area contributed by atoms with Crippen LogP contribution in [0.2, 0.25) is 0 Å². The van der Waals surface area contributed by atoms with Gasteiger partial charge in [0.15, 0.2) is 4.80 Å². The molecule has 1 aromatic carbocycles. The quantitative estimate of drug-likeness (QED) is 0.779. The van der Waals surface area contributed by atoms with Crippen LogP contribution in [0.1, 0.15) is 39.3 Å². The van der Waals surface area contributed by atoms with Crippen LogP contribution in [0.25, 0.3) is 0 Å². The molecule has 1 amide bonds. The Hall–Kier alpha value is -1.20. The molecule has 1 saturated carbocycles. The Morgan fingerprint density at radius 2 is 2.09 bits per heavy atom. The van der Waals surface area contributed by atoms with Crippen LogP contribution in [0.4, 0.5) is 0 Å². The van der Waals surface area contributed by atoms with Gasteiger partial charge in [0.25, 0.3) is 5.91 Å². The summed E-state index contributed by atoms with van der Waals surface area (Å²) in [7, 11) is 0. The number of rotatable bonds is 3. The molecule has 22 heavy (non-hydrogen) atoms. The van der Waals surface area contributed by atoms with Crippen molar-refractivity contribution in [1.82, 2.24) is 4.57 Å². The van der Waals surface area contributed by atoms with E-state index in [-0.39, 0.29) is 5.91 Å². The van der Waals surface area contributed by atoms with Crippen molar-refractivity contribution in [2.75, 3.05) is 0 Å². The summed E-state index contributed by atoms with van der Waals surface area (Å²) in [4.78, 5) is 19.0. The van der Waals surface area contributed by atoms with Gasteiger partial charge >= 0.3 is 0 Å². The minimum absolute atomic E-state index is 0.183. The number of carbonyl (C=O) groups excluding carboxylic acids is 1. The highest BCUT2D eigenvalue weighted by atomic mass is 79.9. The lowest BCUT2D eigenvalue weighted by Gasteiger charge is -2.05. The summed E-state index contributed by atoms with van der Waals surface area (Å²) < 4.78 is 3.01. The molecule has 0 unspecified atom stereocenters. The number of carbonyl (C=O) groups is 1. The number of hydrogen-bond acceptors (Lipinski definition) is 2. The summed E-state index contributed by atoms with van der Waals surface area (Å²) in [6.07, 6.45) is 2.58. The van der Waals surface area contributed by atoms with Gasteiger partial charge < -0.3 is 4.57 Å². The van der Waals surface area contributed by atoms with Gasteiger partial charge in [-0.2, -0.15) is 4.99 Å². The van der Waals surface area contributed by atoms with E-state index in [4.69, 9.17) is 0 Å². The van der Waals surface area contributed by atoms with Crippen LogP contribution in [0, 0.1) is 26.7 Å². The van der Waals surface area contributed by atoms with Crippen molar-refractivity contribution in [2.45, 2.75) is 40.2 Å². The standard InChI is InChI=1S/C17H19BrN2OS/c1-10-4-7-14(15(18)8-10)16(21)19-17-20(9-13-5-6-13)11(2)12(3)22-17/h4,7-8,13H,5-6,9H2,1-3H3. The van der Waals surface area contributed by atoms with Crippen LogP contribution >= 0.6 is 27.3 Å². The van der Waals surface area contributed by atoms with Crippen molar-refractivity contribution >= 4 is 33.2 Å². The first-order chi connectivity index (χ1) is 10.5. The maximum atomic E-state index is 12.5. The minimum Gasteiger partial charge on any atom is -0.320 e. The van der Waals surface area contributed by atoms with Gasteiger partial charge in [0.1, 0.15) is 0 Å². The summed E-state index contributed by atoms with van der Waals surface area (Å²) in [5.74, 6) is 0.575. The van der Waals surface area contributed by atoms with Crippen molar-refractivity contribution in [3.05, 3.63) is 49.2 Å². The lowest BCUT2D eigenvalue weighted by molar-refractivity contribution is 0.0997. The summed E-state index contributed by atoms with van der Waals surface area (Å²) in [6, 6.07) is 5.73. The minimum atomic E-state index is -0.183. The zero-order chi connectivity index (χ0) is 15.9. The molecular weight excluding hydrogens is 360 g/mol. The van der Waals surface area contributed by atoms with Gasteiger partial charge in [0.05, 0.1) is 5.56 Å². The van der Waals surface area contributed by atoms with Crippen LogP contribution in [0.3, 0.4) is 0 Å². The molecule has 1 fully saturated rings. The zero-order valence-electron chi connectivity index (χ0n) is 13.0. The maximum absolute atomic E-state index is 12.5. The van der Waals surface area contributed by atoms with Gasteiger partial charge in [0.2, 0.25) is 0 Å². The number of amides is 1. The highest BCUT2D eigenvalue weighted by Gasteiger charge is 2.23. The number of halogens is 1. The Bertz CT molecular complexity index is 799. The predicted molar refractivity (Wildman–Crippen MR) is 93.3 cm³/mol. The molecule has 0 saturated heterocycles. The Morgan fingerprint density at radius 3 is 2.73 bits per heavy atom. The van der Waals surface area contributed by atoms with Crippen molar-refractivity contribution < 1.29 is 4.79 Å². The van der Waals surface area contributed by atoms with Gasteiger partial charge in [-0.1, -0.05) is 6.07 Å². The number of aryl methyl sites for hydroxylation is 2. The zero-order valence-corrected chi connectivity index (χ0v) is 15.4. The van der Waals surface area contributed by atoms with E-state index in [1.807, 2.05) is 25.1 Å². The smallest absolute Gasteiger partial charge is 0.280 e. The molecule has 0 atom stereocenters. The topological polar surface area (TPSA) is 34.4 Å². The molecule has 0 bridgehead atoms. The molecular formula is C17H19BrN2OS. The molecule has 0 aliphatic heterocycles. The van der Waals surface area contributed by atoms with E-state index in [2.05, 4.69) is 39.3 Å². The molecule has 0 spiro atoms. The third-order valence-corrected chi connectivity index (χ3v) is 5.83. The van der Waals surface area contributed by atoms with E-state index in [1.54, 1.807) is 11.3 Å². The summed E-state index contributed by atoms with van der Waals surface area (Å²) in [5, 5.41) is 0. The molecule has 0 radical (unpaired) electrons. The molecule has 1 aliphatic rings. The van der Waals surface area contributed by atoms with E-state index >= 15 is 0 Å². The number of thiazole rings is 1. The maximum Gasteiger partial charge on any atom is 0.280 e. The van der Waals surface area contributed by atoms with Crippen LogP contribution in [-0.4, -0.2) is 10.5 Å². The molecule has 2 aromatic rings. The van der Waals surface area contributed by atoms with Crippen LogP contribution in [0.5, 0.6) is 0 Å². The van der Waals surface area contributed by atoms with E-state index < -0.39 is 0 Å². The van der Waals surface area contributed by atoms with E-state index in [9.17, 15) is 4.79 Å². The second-order valence-electron chi connectivity index (χ2n) is 5.98. The molecule has 5 heteroatoms. The van der Waals surface area contributed by atoms with E-state index in [1.165, 1.54) is 23.4 Å². The van der Waals surface area contributed by atoms with Gasteiger partial charge in [-0.25, -0.2) is 0 Å². The summed E-state index contributed by atoms with van der Waals surface area (Å²) in [6.45, 7) is 7.19. The van der Waals surface area contributed by atoms with Gasteiger partial charge in [-0.15, -0.1) is 11.3 Å². The lowest BCUT2D eigenvalue weighted by Crippen LogP contribution is -2.19. The average Bonchev–Trinajstić information content (AvgIpc) is 3.22. The largest absolute Gasteiger partial charge is 0.320 e.